The second kappa shape index (κ2) is 8.61. The van der Waals surface area contributed by atoms with Crippen LogP contribution in [0.2, 0.25) is 5.02 Å². The number of rotatable bonds is 3. The number of hydrogen-bond donors (Lipinski definition) is 2. The molecule has 1 unspecified atom stereocenters. The molecule has 0 saturated carbocycles. The van der Waals surface area contributed by atoms with Crippen molar-refractivity contribution in [1.29, 1.82) is 0 Å². The molecule has 0 aliphatic carbocycles. The number of benzene rings is 1. The fraction of sp³-hybridized carbons (Fsp3) is 0.474. The van der Waals surface area contributed by atoms with Gasteiger partial charge in [-0.3, -0.25) is 14.8 Å². The minimum atomic E-state index is 0. The average Bonchev–Trinajstić information content (AvgIpc) is 3.11. The summed E-state index contributed by atoms with van der Waals surface area (Å²) >= 11 is 6.34. The lowest BCUT2D eigenvalue weighted by molar-refractivity contribution is 0.0575. The summed E-state index contributed by atoms with van der Waals surface area (Å²) in [6.45, 7) is 6.92. The normalized spacial score (nSPS) is 18.5. The lowest BCUT2D eigenvalue weighted by atomic mass is 10.0. The molecule has 1 amide bonds. The van der Waals surface area contributed by atoms with Gasteiger partial charge in [0.2, 0.25) is 0 Å². The van der Waals surface area contributed by atoms with E-state index in [1.165, 1.54) is 0 Å². The number of nitrogens with one attached hydrogen (secondary N) is 2. The van der Waals surface area contributed by atoms with Crippen LogP contribution in [-0.2, 0) is 13.0 Å². The number of carbonyl (C=O) groups is 1. The number of aromatic amines is 1. The number of carbonyl (C=O) groups excluding carboxylic acids is 1. The van der Waals surface area contributed by atoms with Crippen molar-refractivity contribution in [3.63, 3.8) is 0 Å². The quantitative estimate of drug-likeness (QED) is 0.817. The van der Waals surface area contributed by atoms with Crippen LogP contribution in [0.15, 0.2) is 24.3 Å². The Kier molecular flexibility index (Phi) is 6.42. The summed E-state index contributed by atoms with van der Waals surface area (Å²) in [5.74, 6) is 0.0382. The van der Waals surface area contributed by atoms with Crippen molar-refractivity contribution in [3.05, 3.63) is 51.8 Å². The van der Waals surface area contributed by atoms with Gasteiger partial charge in [-0.15, -0.1) is 12.4 Å². The Morgan fingerprint density at radius 3 is 2.70 bits per heavy atom. The largest absolute Gasteiger partial charge is 0.335 e. The van der Waals surface area contributed by atoms with Gasteiger partial charge in [0.1, 0.15) is 0 Å². The molecular weight excluding hydrogens is 385 g/mol. The predicted molar refractivity (Wildman–Crippen MR) is 109 cm³/mol. The van der Waals surface area contributed by atoms with Crippen molar-refractivity contribution in [2.24, 2.45) is 0 Å². The molecule has 1 aromatic heterocycles. The first-order chi connectivity index (χ1) is 12.6. The van der Waals surface area contributed by atoms with Gasteiger partial charge in [-0.2, -0.15) is 5.10 Å². The molecule has 1 saturated heterocycles. The van der Waals surface area contributed by atoms with E-state index in [1.54, 1.807) is 0 Å². The van der Waals surface area contributed by atoms with E-state index in [0.29, 0.717) is 18.8 Å². The third-order valence-electron chi connectivity index (χ3n) is 5.51. The smallest absolute Gasteiger partial charge is 0.274 e. The predicted octanol–water partition coefficient (Wildman–Crippen LogP) is 2.65. The number of H-pyrrole nitrogens is 1. The zero-order chi connectivity index (χ0) is 18.1. The zero-order valence-corrected chi connectivity index (χ0v) is 16.9. The Morgan fingerprint density at radius 1 is 1.22 bits per heavy atom. The molecule has 1 aromatic carbocycles. The number of hydrogen-bond acceptors (Lipinski definition) is 4. The summed E-state index contributed by atoms with van der Waals surface area (Å²) in [5, 5.41) is 11.5. The van der Waals surface area contributed by atoms with Gasteiger partial charge in [-0.05, 0) is 18.6 Å². The third kappa shape index (κ3) is 3.99. The van der Waals surface area contributed by atoms with Crippen LogP contribution in [0.4, 0.5) is 0 Å². The van der Waals surface area contributed by atoms with Crippen LogP contribution < -0.4 is 5.32 Å². The Hall–Kier alpha value is -1.60. The molecule has 1 fully saturated rings. The average molecular weight is 410 g/mol. The number of fused-ring (bicyclic) bond motifs is 1. The highest BCUT2D eigenvalue weighted by molar-refractivity contribution is 6.31. The zero-order valence-electron chi connectivity index (χ0n) is 15.4. The molecule has 27 heavy (non-hydrogen) atoms. The van der Waals surface area contributed by atoms with Crippen molar-refractivity contribution in [3.8, 4) is 0 Å². The van der Waals surface area contributed by atoms with Crippen LogP contribution in [0.5, 0.6) is 0 Å². The van der Waals surface area contributed by atoms with Gasteiger partial charge in [-0.25, -0.2) is 0 Å². The van der Waals surface area contributed by atoms with Crippen molar-refractivity contribution in [2.45, 2.75) is 25.9 Å². The first-order valence-corrected chi connectivity index (χ1v) is 9.57. The number of nitrogens with zero attached hydrogens (tertiary/aromatic N) is 3. The van der Waals surface area contributed by atoms with Crippen molar-refractivity contribution < 1.29 is 4.79 Å². The SMILES string of the molecule is CC(c1ccccc1Cl)N1CCN(C(=O)c2n[nH]c3c2CNCC3)CC1.Cl. The number of piperazine rings is 1. The van der Waals surface area contributed by atoms with Crippen LogP contribution in [0.25, 0.3) is 0 Å². The van der Waals surface area contributed by atoms with E-state index in [2.05, 4.69) is 33.4 Å². The van der Waals surface area contributed by atoms with Crippen LogP contribution >= 0.6 is 24.0 Å². The number of halogens is 2. The molecule has 4 rings (SSSR count). The molecule has 2 aromatic rings. The molecule has 8 heteroatoms. The van der Waals surface area contributed by atoms with Gasteiger partial charge in [0.05, 0.1) is 0 Å². The van der Waals surface area contributed by atoms with Crippen LogP contribution in [0, 0.1) is 0 Å². The van der Waals surface area contributed by atoms with E-state index in [-0.39, 0.29) is 24.4 Å². The van der Waals surface area contributed by atoms with E-state index < -0.39 is 0 Å². The molecule has 0 bridgehead atoms. The Bertz CT molecular complexity index is 801. The molecule has 2 aliphatic heterocycles. The molecule has 2 aliphatic rings. The van der Waals surface area contributed by atoms with E-state index in [9.17, 15) is 4.79 Å². The fourth-order valence-corrected chi connectivity index (χ4v) is 4.17. The van der Waals surface area contributed by atoms with Crippen LogP contribution in [0.3, 0.4) is 0 Å². The first kappa shape index (κ1) is 20.1. The van der Waals surface area contributed by atoms with Crippen LogP contribution in [0.1, 0.15) is 40.3 Å². The molecule has 0 spiro atoms. The molecule has 6 nitrogen and oxygen atoms in total. The van der Waals surface area contributed by atoms with Crippen molar-refractivity contribution in [2.75, 3.05) is 32.7 Å². The minimum Gasteiger partial charge on any atom is -0.335 e. The lowest BCUT2D eigenvalue weighted by Gasteiger charge is -2.38. The van der Waals surface area contributed by atoms with E-state index >= 15 is 0 Å². The monoisotopic (exact) mass is 409 g/mol. The van der Waals surface area contributed by atoms with E-state index in [4.69, 9.17) is 11.6 Å². The molecular formula is C19H25Cl2N5O. The van der Waals surface area contributed by atoms with Crippen molar-refractivity contribution >= 4 is 29.9 Å². The summed E-state index contributed by atoms with van der Waals surface area (Å²) in [6, 6.07) is 8.22. The van der Waals surface area contributed by atoms with E-state index in [1.807, 2.05) is 23.1 Å². The molecule has 0 radical (unpaired) electrons. The summed E-state index contributed by atoms with van der Waals surface area (Å²) < 4.78 is 0. The summed E-state index contributed by atoms with van der Waals surface area (Å²) in [5.41, 5.74) is 3.85. The highest BCUT2D eigenvalue weighted by Gasteiger charge is 2.29. The molecule has 2 N–H and O–H groups in total. The van der Waals surface area contributed by atoms with Crippen molar-refractivity contribution in [1.82, 2.24) is 25.3 Å². The summed E-state index contributed by atoms with van der Waals surface area (Å²) in [7, 11) is 0. The lowest BCUT2D eigenvalue weighted by Crippen LogP contribution is -2.49. The maximum atomic E-state index is 12.9. The molecule has 1 atom stereocenters. The maximum Gasteiger partial charge on any atom is 0.274 e. The molecule has 3 heterocycles. The topological polar surface area (TPSA) is 64.3 Å². The molecule has 146 valence electrons. The highest BCUT2D eigenvalue weighted by atomic mass is 35.5. The van der Waals surface area contributed by atoms with Gasteiger partial charge in [-0.1, -0.05) is 29.8 Å². The van der Waals surface area contributed by atoms with E-state index in [0.717, 1.165) is 54.4 Å². The standard InChI is InChI=1S/C19H24ClN5O.ClH/c1-13(14-4-2-3-5-16(14)20)24-8-10-25(11-9-24)19(26)18-15-12-21-7-6-17(15)22-23-18;/h2-5,13,21H,6-12H2,1H3,(H,22,23);1H. The maximum absolute atomic E-state index is 12.9. The number of aromatic nitrogens is 2. The van der Waals surface area contributed by atoms with Gasteiger partial charge < -0.3 is 10.2 Å². The second-order valence-corrected chi connectivity index (χ2v) is 7.39. The van der Waals surface area contributed by atoms with Gasteiger partial charge in [0, 0.05) is 68.0 Å². The second-order valence-electron chi connectivity index (χ2n) is 6.98. The Balaban J connectivity index is 0.00000210. The van der Waals surface area contributed by atoms with Gasteiger partial charge in [0.25, 0.3) is 5.91 Å². The summed E-state index contributed by atoms with van der Waals surface area (Å²) in [6.07, 6.45) is 0.902. The van der Waals surface area contributed by atoms with Gasteiger partial charge >= 0.3 is 0 Å². The fourth-order valence-electron chi connectivity index (χ4n) is 3.87. The highest BCUT2D eigenvalue weighted by Crippen LogP contribution is 2.28. The minimum absolute atomic E-state index is 0. The number of amides is 1. The first-order valence-electron chi connectivity index (χ1n) is 9.19. The summed E-state index contributed by atoms with van der Waals surface area (Å²) in [4.78, 5) is 17.2. The third-order valence-corrected chi connectivity index (χ3v) is 5.86. The van der Waals surface area contributed by atoms with Crippen LogP contribution in [-0.4, -0.2) is 58.6 Å². The Morgan fingerprint density at radius 2 is 1.96 bits per heavy atom. The Labute approximate surface area is 170 Å². The van der Waals surface area contributed by atoms with Gasteiger partial charge in [0.15, 0.2) is 5.69 Å².